The molecule has 0 aromatic carbocycles. The van der Waals surface area contributed by atoms with Crippen molar-refractivity contribution in [3.63, 3.8) is 0 Å². The molecule has 1 aliphatic carbocycles. The number of carbonyl (C=O) groups excluding carboxylic acids is 2. The number of rotatable bonds is 6. The second-order valence-electron chi connectivity index (χ2n) is 10.5. The summed E-state index contributed by atoms with van der Waals surface area (Å²) in [6.07, 6.45) is 3.81. The van der Waals surface area contributed by atoms with Crippen LogP contribution in [0, 0.1) is 12.8 Å². The SMILES string of the molecule is Cc1cc(C(=O)N[C@@H](C)CC2CCC3(CC2)OC(=O)NN=C3c2cnc(Cl)cc2N2CCC(F)(F)C2)n[nH]1. The maximum Gasteiger partial charge on any atom is 0.428 e. The summed E-state index contributed by atoms with van der Waals surface area (Å²) >= 11 is 6.15. The Morgan fingerprint density at radius 2 is 2.08 bits per heavy atom. The van der Waals surface area contributed by atoms with Gasteiger partial charge in [0, 0.05) is 36.5 Å². The quantitative estimate of drug-likeness (QED) is 0.464. The van der Waals surface area contributed by atoms with Crippen LogP contribution in [-0.2, 0) is 4.74 Å². The molecule has 2 fully saturated rings. The fourth-order valence-corrected chi connectivity index (χ4v) is 5.83. The number of anilines is 1. The molecule has 3 N–H and O–H groups in total. The van der Waals surface area contributed by atoms with Gasteiger partial charge in [0.25, 0.3) is 11.8 Å². The van der Waals surface area contributed by atoms with Crippen molar-refractivity contribution < 1.29 is 23.1 Å². The number of halogens is 3. The zero-order chi connectivity index (χ0) is 27.1. The molecule has 13 heteroatoms. The molecule has 1 saturated carbocycles. The van der Waals surface area contributed by atoms with Crippen LogP contribution in [0.1, 0.15) is 67.2 Å². The highest BCUT2D eigenvalue weighted by molar-refractivity contribution is 6.30. The van der Waals surface area contributed by atoms with E-state index in [4.69, 9.17) is 16.3 Å². The van der Waals surface area contributed by atoms with Gasteiger partial charge in [0.15, 0.2) is 5.60 Å². The molecule has 0 bridgehead atoms. The van der Waals surface area contributed by atoms with Crippen molar-refractivity contribution in [2.45, 2.75) is 69.9 Å². The molecule has 0 radical (unpaired) electrons. The van der Waals surface area contributed by atoms with Crippen molar-refractivity contribution in [1.29, 1.82) is 0 Å². The first kappa shape index (κ1) is 26.3. The topological polar surface area (TPSA) is 125 Å². The molecule has 2 aliphatic heterocycles. The Hall–Kier alpha value is -3.28. The molecular weight excluding hydrogens is 520 g/mol. The van der Waals surface area contributed by atoms with Gasteiger partial charge in [-0.15, -0.1) is 0 Å². The molecule has 10 nitrogen and oxygen atoms in total. The summed E-state index contributed by atoms with van der Waals surface area (Å²) in [7, 11) is 0. The monoisotopic (exact) mass is 549 g/mol. The van der Waals surface area contributed by atoms with Crippen LogP contribution < -0.4 is 15.6 Å². The van der Waals surface area contributed by atoms with E-state index in [9.17, 15) is 18.4 Å². The Labute approximate surface area is 223 Å². The van der Waals surface area contributed by atoms with Crippen LogP contribution in [0.3, 0.4) is 0 Å². The van der Waals surface area contributed by atoms with Gasteiger partial charge in [-0.05, 0) is 64.0 Å². The molecule has 1 saturated heterocycles. The van der Waals surface area contributed by atoms with Gasteiger partial charge >= 0.3 is 6.09 Å². The minimum absolute atomic E-state index is 0.0776. The number of nitrogens with zero attached hydrogens (tertiary/aromatic N) is 4. The Bertz CT molecular complexity index is 1260. The lowest BCUT2D eigenvalue weighted by Crippen LogP contribution is -2.53. The first-order valence-corrected chi connectivity index (χ1v) is 13.1. The highest BCUT2D eigenvalue weighted by Crippen LogP contribution is 2.43. The number of pyridine rings is 1. The third kappa shape index (κ3) is 5.45. The lowest BCUT2D eigenvalue weighted by molar-refractivity contribution is 0.0154. The van der Waals surface area contributed by atoms with Crippen molar-refractivity contribution in [3.05, 3.63) is 40.4 Å². The highest BCUT2D eigenvalue weighted by Gasteiger charge is 2.48. The number of aromatic nitrogens is 3. The summed E-state index contributed by atoms with van der Waals surface area (Å²) in [6, 6.07) is 3.18. The third-order valence-corrected chi connectivity index (χ3v) is 7.72. The van der Waals surface area contributed by atoms with Gasteiger partial charge in [-0.25, -0.2) is 24.0 Å². The van der Waals surface area contributed by atoms with Crippen LogP contribution in [0.25, 0.3) is 0 Å². The van der Waals surface area contributed by atoms with Crippen molar-refractivity contribution in [1.82, 2.24) is 25.9 Å². The Morgan fingerprint density at radius 1 is 1.32 bits per heavy atom. The van der Waals surface area contributed by atoms with Gasteiger partial charge in [0.05, 0.1) is 12.2 Å². The van der Waals surface area contributed by atoms with E-state index in [-0.39, 0.29) is 36.0 Å². The van der Waals surface area contributed by atoms with Crippen LogP contribution in [0.2, 0.25) is 5.15 Å². The molecule has 1 atom stereocenters. The zero-order valence-electron chi connectivity index (χ0n) is 21.2. The second kappa shape index (κ2) is 10.1. The fraction of sp³-hybridized carbons (Fsp3) is 0.560. The molecule has 2 aromatic rings. The summed E-state index contributed by atoms with van der Waals surface area (Å²) in [5.41, 5.74) is 3.99. The minimum Gasteiger partial charge on any atom is -0.435 e. The van der Waals surface area contributed by atoms with Crippen LogP contribution >= 0.6 is 11.6 Å². The highest BCUT2D eigenvalue weighted by atomic mass is 35.5. The number of carbonyl (C=O) groups is 2. The van der Waals surface area contributed by atoms with Gasteiger partial charge in [0.2, 0.25) is 0 Å². The van der Waals surface area contributed by atoms with E-state index < -0.39 is 24.2 Å². The van der Waals surface area contributed by atoms with Crippen LogP contribution in [-0.4, -0.2) is 63.5 Å². The van der Waals surface area contributed by atoms with Gasteiger partial charge in [-0.3, -0.25) is 9.89 Å². The number of aromatic amines is 1. The molecule has 2 aromatic heterocycles. The second-order valence-corrected chi connectivity index (χ2v) is 10.9. The number of alkyl halides is 2. The maximum atomic E-state index is 14.0. The number of nitrogens with one attached hydrogen (secondary N) is 3. The number of aryl methyl sites for hydroxylation is 1. The summed E-state index contributed by atoms with van der Waals surface area (Å²) in [4.78, 5) is 30.5. The maximum absolute atomic E-state index is 14.0. The van der Waals surface area contributed by atoms with E-state index in [1.54, 1.807) is 17.0 Å². The molecule has 5 rings (SSSR count). The minimum atomic E-state index is -2.80. The third-order valence-electron chi connectivity index (χ3n) is 7.51. The smallest absolute Gasteiger partial charge is 0.428 e. The fourth-order valence-electron chi connectivity index (χ4n) is 5.67. The van der Waals surface area contributed by atoms with Crippen molar-refractivity contribution >= 4 is 35.0 Å². The van der Waals surface area contributed by atoms with E-state index >= 15 is 0 Å². The molecule has 3 aliphatic rings. The van der Waals surface area contributed by atoms with Crippen LogP contribution in [0.4, 0.5) is 19.3 Å². The lowest BCUT2D eigenvalue weighted by Gasteiger charge is -2.42. The molecule has 0 unspecified atom stereocenters. The molecule has 1 spiro atoms. The van der Waals surface area contributed by atoms with E-state index in [1.165, 1.54) is 6.20 Å². The number of amides is 2. The summed E-state index contributed by atoms with van der Waals surface area (Å²) in [5.74, 6) is -2.75. The standard InChI is InChI=1S/C25H30ClF2N7O3/c1-14(30-22(36)18-10-15(2)31-32-18)9-16-3-5-24(6-4-16)21(33-34-23(37)38-24)17-12-29-20(26)11-19(17)35-8-7-25(27,28)13-35/h10-12,14,16H,3-9,13H2,1-2H3,(H,30,36)(H,31,32)(H,34,37)/t14-,16?,24?/m0/s1. The number of hydrogen-bond acceptors (Lipinski definition) is 7. The van der Waals surface area contributed by atoms with E-state index in [0.29, 0.717) is 35.5 Å². The summed E-state index contributed by atoms with van der Waals surface area (Å²) in [5, 5.41) is 14.3. The van der Waals surface area contributed by atoms with E-state index in [2.05, 4.69) is 31.0 Å². The van der Waals surface area contributed by atoms with Crippen molar-refractivity contribution in [2.24, 2.45) is 11.0 Å². The molecule has 38 heavy (non-hydrogen) atoms. The largest absolute Gasteiger partial charge is 0.435 e. The average molecular weight is 550 g/mol. The summed E-state index contributed by atoms with van der Waals surface area (Å²) in [6.45, 7) is 3.52. The van der Waals surface area contributed by atoms with Gasteiger partial charge in [-0.1, -0.05) is 11.6 Å². The zero-order valence-corrected chi connectivity index (χ0v) is 21.9. The predicted octanol–water partition coefficient (Wildman–Crippen LogP) is 4.19. The van der Waals surface area contributed by atoms with Crippen molar-refractivity contribution in [2.75, 3.05) is 18.0 Å². The van der Waals surface area contributed by atoms with Crippen molar-refractivity contribution in [3.8, 4) is 0 Å². The first-order valence-electron chi connectivity index (χ1n) is 12.7. The lowest BCUT2D eigenvalue weighted by atomic mass is 9.72. The van der Waals surface area contributed by atoms with Gasteiger partial charge in [0.1, 0.15) is 16.6 Å². The normalized spacial score (nSPS) is 25.5. The van der Waals surface area contributed by atoms with Gasteiger partial charge in [-0.2, -0.15) is 10.2 Å². The average Bonchev–Trinajstić information content (AvgIpc) is 3.46. The number of hydrazone groups is 1. The molecule has 4 heterocycles. The van der Waals surface area contributed by atoms with E-state index in [0.717, 1.165) is 25.0 Å². The number of ether oxygens (including phenoxy) is 1. The van der Waals surface area contributed by atoms with Gasteiger partial charge < -0.3 is 15.0 Å². The number of hydrogen-bond donors (Lipinski definition) is 3. The Kier molecular flexibility index (Phi) is 7.01. The first-order chi connectivity index (χ1) is 18.0. The molecular formula is C25H30ClF2N7O3. The van der Waals surface area contributed by atoms with Crippen LogP contribution in [0.5, 0.6) is 0 Å². The Balaban J connectivity index is 1.30. The molecule has 204 valence electrons. The Morgan fingerprint density at radius 3 is 2.74 bits per heavy atom. The van der Waals surface area contributed by atoms with Crippen LogP contribution in [0.15, 0.2) is 23.4 Å². The van der Waals surface area contributed by atoms with E-state index in [1.807, 2.05) is 13.8 Å². The predicted molar refractivity (Wildman–Crippen MR) is 137 cm³/mol. The summed E-state index contributed by atoms with van der Waals surface area (Å²) < 4.78 is 33.9. The molecule has 2 amide bonds. The number of H-pyrrole nitrogens is 1.